The lowest BCUT2D eigenvalue weighted by Gasteiger charge is -2.01. The predicted molar refractivity (Wildman–Crippen MR) is 59.4 cm³/mol. The summed E-state index contributed by atoms with van der Waals surface area (Å²) in [7, 11) is 1.43. The van der Waals surface area contributed by atoms with E-state index in [-0.39, 0.29) is 11.5 Å². The number of ether oxygens (including phenoxy) is 1. The van der Waals surface area contributed by atoms with E-state index in [0.717, 1.165) is 0 Å². The Morgan fingerprint density at radius 2 is 2.19 bits per heavy atom. The third-order valence-corrected chi connectivity index (χ3v) is 1.93. The van der Waals surface area contributed by atoms with Crippen molar-refractivity contribution < 1.29 is 14.5 Å². The second-order valence-corrected chi connectivity index (χ2v) is 3.13. The molecular formula is C11H11NO4. The summed E-state index contributed by atoms with van der Waals surface area (Å²) in [4.78, 5) is 21.0. The van der Waals surface area contributed by atoms with Crippen molar-refractivity contribution in [3.63, 3.8) is 0 Å². The maximum absolute atomic E-state index is 10.8. The van der Waals surface area contributed by atoms with Gasteiger partial charge in [-0.1, -0.05) is 0 Å². The van der Waals surface area contributed by atoms with Gasteiger partial charge in [0.05, 0.1) is 23.7 Å². The Morgan fingerprint density at radius 3 is 2.69 bits per heavy atom. The number of benzene rings is 1. The molecule has 0 unspecified atom stereocenters. The first-order chi connectivity index (χ1) is 7.54. The van der Waals surface area contributed by atoms with Gasteiger partial charge >= 0.3 is 0 Å². The van der Waals surface area contributed by atoms with Crippen molar-refractivity contribution in [2.24, 2.45) is 0 Å². The number of nitro groups is 1. The molecule has 5 nitrogen and oxygen atoms in total. The fraction of sp³-hybridized carbons (Fsp3) is 0.182. The Kier molecular flexibility index (Phi) is 3.77. The molecule has 0 saturated heterocycles. The highest BCUT2D eigenvalue weighted by molar-refractivity contribution is 5.92. The molecule has 84 valence electrons. The molecule has 0 spiro atoms. The summed E-state index contributed by atoms with van der Waals surface area (Å²) >= 11 is 0. The van der Waals surface area contributed by atoms with Gasteiger partial charge in [-0.15, -0.1) is 0 Å². The van der Waals surface area contributed by atoms with Gasteiger partial charge in [-0.3, -0.25) is 14.9 Å². The molecule has 0 atom stereocenters. The molecule has 1 aromatic rings. The smallest absolute Gasteiger partial charge is 0.280 e. The van der Waals surface area contributed by atoms with Crippen LogP contribution >= 0.6 is 0 Å². The highest BCUT2D eigenvalue weighted by Crippen LogP contribution is 2.25. The number of rotatable bonds is 4. The summed E-state index contributed by atoms with van der Waals surface area (Å²) in [6, 6.07) is 4.46. The first-order valence-electron chi connectivity index (χ1n) is 4.55. The van der Waals surface area contributed by atoms with Crippen molar-refractivity contribution >= 4 is 17.5 Å². The average molecular weight is 221 g/mol. The van der Waals surface area contributed by atoms with Gasteiger partial charge in [-0.2, -0.15) is 0 Å². The summed E-state index contributed by atoms with van der Waals surface area (Å²) in [5.74, 6) is 0.247. The molecular weight excluding hydrogens is 210 g/mol. The largest absolute Gasteiger partial charge is 0.497 e. The van der Waals surface area contributed by atoms with E-state index in [4.69, 9.17) is 4.74 Å². The van der Waals surface area contributed by atoms with Gasteiger partial charge < -0.3 is 4.74 Å². The van der Waals surface area contributed by atoms with Crippen LogP contribution in [0, 0.1) is 10.1 Å². The summed E-state index contributed by atoms with van der Waals surface area (Å²) in [6.45, 7) is 1.38. The maximum Gasteiger partial charge on any atom is 0.280 e. The molecule has 5 heteroatoms. The molecule has 0 aliphatic carbocycles. The van der Waals surface area contributed by atoms with Gasteiger partial charge in [0.15, 0.2) is 5.78 Å². The minimum absolute atomic E-state index is 0.0862. The number of allylic oxidation sites excluding steroid dienone is 1. The number of hydrogen-bond donors (Lipinski definition) is 0. The lowest BCUT2D eigenvalue weighted by Crippen LogP contribution is -1.93. The van der Waals surface area contributed by atoms with Gasteiger partial charge in [0.25, 0.3) is 5.69 Å². The Bertz CT molecular complexity index is 451. The minimum atomic E-state index is -0.512. The SMILES string of the molecule is COc1ccc(/C=C/C(C)=O)c([N+](=O)[O-])c1. The van der Waals surface area contributed by atoms with E-state index in [1.807, 2.05) is 0 Å². The van der Waals surface area contributed by atoms with Crippen LogP contribution in [0.15, 0.2) is 24.3 Å². The number of nitrogens with zero attached hydrogens (tertiary/aromatic N) is 1. The fourth-order valence-corrected chi connectivity index (χ4v) is 1.16. The topological polar surface area (TPSA) is 69.4 Å². The van der Waals surface area contributed by atoms with Crippen molar-refractivity contribution in [1.29, 1.82) is 0 Å². The zero-order chi connectivity index (χ0) is 12.1. The van der Waals surface area contributed by atoms with Crippen molar-refractivity contribution in [2.45, 2.75) is 6.92 Å². The van der Waals surface area contributed by atoms with Gasteiger partial charge in [-0.05, 0) is 31.2 Å². The molecule has 0 aliphatic heterocycles. The van der Waals surface area contributed by atoms with Crippen LogP contribution in [-0.4, -0.2) is 17.8 Å². The average Bonchev–Trinajstić information content (AvgIpc) is 2.25. The van der Waals surface area contributed by atoms with Crippen LogP contribution in [0.5, 0.6) is 5.75 Å². The fourth-order valence-electron chi connectivity index (χ4n) is 1.16. The van der Waals surface area contributed by atoms with Crippen LogP contribution < -0.4 is 4.74 Å². The normalized spacial score (nSPS) is 10.4. The Hall–Kier alpha value is -2.17. The van der Waals surface area contributed by atoms with E-state index in [0.29, 0.717) is 11.3 Å². The van der Waals surface area contributed by atoms with Gasteiger partial charge in [0.2, 0.25) is 0 Å². The lowest BCUT2D eigenvalue weighted by atomic mass is 10.1. The van der Waals surface area contributed by atoms with Crippen LogP contribution in [0.4, 0.5) is 5.69 Å². The molecule has 16 heavy (non-hydrogen) atoms. The summed E-state index contributed by atoms with van der Waals surface area (Å²) in [5.41, 5.74) is 0.290. The Labute approximate surface area is 92.5 Å². The number of carbonyl (C=O) groups excluding carboxylic acids is 1. The van der Waals surface area contributed by atoms with E-state index in [1.165, 1.54) is 38.3 Å². The molecule has 0 amide bonds. The van der Waals surface area contributed by atoms with Crippen LogP contribution in [0.25, 0.3) is 6.08 Å². The number of ketones is 1. The predicted octanol–water partition coefficient (Wildman–Crippen LogP) is 2.21. The minimum Gasteiger partial charge on any atom is -0.497 e. The molecule has 0 bridgehead atoms. The second-order valence-electron chi connectivity index (χ2n) is 3.13. The molecule has 0 N–H and O–H groups in total. The van der Waals surface area contributed by atoms with Crippen LogP contribution in [-0.2, 0) is 4.79 Å². The first-order valence-corrected chi connectivity index (χ1v) is 4.55. The monoisotopic (exact) mass is 221 g/mol. The summed E-state index contributed by atoms with van der Waals surface area (Å²) < 4.78 is 4.89. The van der Waals surface area contributed by atoms with E-state index in [2.05, 4.69) is 0 Å². The van der Waals surface area contributed by atoms with Gasteiger partial charge in [0.1, 0.15) is 5.75 Å². The van der Waals surface area contributed by atoms with Gasteiger partial charge in [0, 0.05) is 0 Å². The van der Waals surface area contributed by atoms with Crippen molar-refractivity contribution in [3.8, 4) is 5.75 Å². The second kappa shape index (κ2) is 5.06. The number of methoxy groups -OCH3 is 1. The summed E-state index contributed by atoms with van der Waals surface area (Å²) in [5, 5.41) is 10.8. The quantitative estimate of drug-likeness (QED) is 0.444. The van der Waals surface area contributed by atoms with E-state index >= 15 is 0 Å². The molecule has 0 saturated carbocycles. The molecule has 0 heterocycles. The summed E-state index contributed by atoms with van der Waals surface area (Å²) in [6.07, 6.45) is 2.70. The third-order valence-electron chi connectivity index (χ3n) is 1.93. The zero-order valence-corrected chi connectivity index (χ0v) is 8.97. The number of nitro benzene ring substituents is 1. The Morgan fingerprint density at radius 1 is 1.50 bits per heavy atom. The van der Waals surface area contributed by atoms with Crippen molar-refractivity contribution in [2.75, 3.05) is 7.11 Å². The maximum atomic E-state index is 10.8. The van der Waals surface area contributed by atoms with Crippen molar-refractivity contribution in [1.82, 2.24) is 0 Å². The molecule has 0 radical (unpaired) electrons. The van der Waals surface area contributed by atoms with Crippen molar-refractivity contribution in [3.05, 3.63) is 40.0 Å². The molecule has 0 aliphatic rings. The lowest BCUT2D eigenvalue weighted by molar-refractivity contribution is -0.385. The Balaban J connectivity index is 3.18. The molecule has 0 aromatic heterocycles. The van der Waals surface area contributed by atoms with Crippen LogP contribution in [0.3, 0.4) is 0 Å². The standard InChI is InChI=1S/C11H11NO4/c1-8(13)3-4-9-5-6-10(16-2)7-11(9)12(14)15/h3-7H,1-2H3/b4-3+. The molecule has 0 fully saturated rings. The zero-order valence-electron chi connectivity index (χ0n) is 8.97. The highest BCUT2D eigenvalue weighted by Gasteiger charge is 2.12. The van der Waals surface area contributed by atoms with Gasteiger partial charge in [-0.25, -0.2) is 0 Å². The first kappa shape index (κ1) is 11.9. The molecule has 1 rings (SSSR count). The van der Waals surface area contributed by atoms with Crippen LogP contribution in [0.2, 0.25) is 0 Å². The third kappa shape index (κ3) is 2.91. The van der Waals surface area contributed by atoms with Crippen LogP contribution in [0.1, 0.15) is 12.5 Å². The molecule has 1 aromatic carbocycles. The van der Waals surface area contributed by atoms with E-state index < -0.39 is 4.92 Å². The highest BCUT2D eigenvalue weighted by atomic mass is 16.6. The van der Waals surface area contributed by atoms with E-state index in [9.17, 15) is 14.9 Å². The number of hydrogen-bond acceptors (Lipinski definition) is 4. The van der Waals surface area contributed by atoms with E-state index in [1.54, 1.807) is 6.07 Å². The number of carbonyl (C=O) groups is 1.